The second-order valence-electron chi connectivity index (χ2n) is 6.19. The molecule has 0 saturated heterocycles. The molecular formula is C16H23NO3. The molecule has 1 aromatic rings. The third-order valence-electron chi connectivity index (χ3n) is 3.10. The van der Waals surface area contributed by atoms with Crippen LogP contribution in [0.5, 0.6) is 0 Å². The lowest BCUT2D eigenvalue weighted by Gasteiger charge is -2.20. The number of carbonyl (C=O) groups excluding carboxylic acids is 1. The lowest BCUT2D eigenvalue weighted by Crippen LogP contribution is -2.40. The molecule has 0 radical (unpaired) electrons. The van der Waals surface area contributed by atoms with E-state index in [1.165, 1.54) is 0 Å². The van der Waals surface area contributed by atoms with Crippen molar-refractivity contribution >= 4 is 11.9 Å². The van der Waals surface area contributed by atoms with E-state index in [-0.39, 0.29) is 12.5 Å². The van der Waals surface area contributed by atoms with Gasteiger partial charge in [0.25, 0.3) is 0 Å². The fourth-order valence-corrected chi connectivity index (χ4v) is 1.85. The second kappa shape index (κ2) is 6.55. The van der Waals surface area contributed by atoms with Crippen molar-refractivity contribution in [2.24, 2.45) is 11.3 Å². The van der Waals surface area contributed by atoms with Crippen LogP contribution in [0.3, 0.4) is 0 Å². The number of rotatable bonds is 5. The van der Waals surface area contributed by atoms with Gasteiger partial charge < -0.3 is 10.4 Å². The van der Waals surface area contributed by atoms with Gasteiger partial charge in [-0.3, -0.25) is 9.59 Å². The van der Waals surface area contributed by atoms with Crippen molar-refractivity contribution in [3.8, 4) is 0 Å². The van der Waals surface area contributed by atoms with Gasteiger partial charge in [-0.05, 0) is 18.9 Å². The first-order chi connectivity index (χ1) is 9.20. The maximum Gasteiger partial charge on any atom is 0.308 e. The maximum absolute atomic E-state index is 11.8. The van der Waals surface area contributed by atoms with Crippen LogP contribution in [0.15, 0.2) is 24.3 Å². The summed E-state index contributed by atoms with van der Waals surface area (Å²) >= 11 is 0. The average molecular weight is 277 g/mol. The normalized spacial score (nSPS) is 12.8. The molecule has 0 saturated carbocycles. The fourth-order valence-electron chi connectivity index (χ4n) is 1.85. The number of amides is 1. The third-order valence-corrected chi connectivity index (χ3v) is 3.10. The summed E-state index contributed by atoms with van der Waals surface area (Å²) in [4.78, 5) is 23.1. The van der Waals surface area contributed by atoms with E-state index in [2.05, 4.69) is 5.32 Å². The number of hydrogen-bond donors (Lipinski definition) is 2. The van der Waals surface area contributed by atoms with Crippen LogP contribution >= 0.6 is 0 Å². The molecule has 0 aliphatic heterocycles. The SMILES string of the molecule is Cc1cccc(CC(CNC(=O)C(C)(C)C)C(=O)O)c1. The topological polar surface area (TPSA) is 66.4 Å². The van der Waals surface area contributed by atoms with Gasteiger partial charge in [-0.25, -0.2) is 0 Å². The summed E-state index contributed by atoms with van der Waals surface area (Å²) in [6.45, 7) is 7.54. The Kier molecular flexibility index (Phi) is 5.31. The summed E-state index contributed by atoms with van der Waals surface area (Å²) < 4.78 is 0. The van der Waals surface area contributed by atoms with Gasteiger partial charge in [-0.15, -0.1) is 0 Å². The van der Waals surface area contributed by atoms with Gasteiger partial charge in [0.2, 0.25) is 5.91 Å². The number of carboxylic acid groups (broad SMARTS) is 1. The molecule has 0 aliphatic rings. The first kappa shape index (κ1) is 16.2. The predicted molar refractivity (Wildman–Crippen MR) is 78.5 cm³/mol. The van der Waals surface area contributed by atoms with Crippen molar-refractivity contribution in [3.05, 3.63) is 35.4 Å². The van der Waals surface area contributed by atoms with Crippen molar-refractivity contribution in [3.63, 3.8) is 0 Å². The summed E-state index contributed by atoms with van der Waals surface area (Å²) in [6, 6.07) is 7.77. The molecule has 110 valence electrons. The highest BCUT2D eigenvalue weighted by Crippen LogP contribution is 2.14. The first-order valence-corrected chi connectivity index (χ1v) is 6.77. The monoisotopic (exact) mass is 277 g/mol. The highest BCUT2D eigenvalue weighted by molar-refractivity contribution is 5.82. The summed E-state index contributed by atoms with van der Waals surface area (Å²) in [6.07, 6.45) is 0.418. The van der Waals surface area contributed by atoms with E-state index in [9.17, 15) is 14.7 Å². The molecule has 0 spiro atoms. The zero-order valence-electron chi connectivity index (χ0n) is 12.6. The molecule has 4 heteroatoms. The Morgan fingerprint density at radius 2 is 1.95 bits per heavy atom. The highest BCUT2D eigenvalue weighted by atomic mass is 16.4. The van der Waals surface area contributed by atoms with Gasteiger partial charge in [0, 0.05) is 12.0 Å². The molecule has 1 unspecified atom stereocenters. The number of carboxylic acids is 1. The molecule has 1 atom stereocenters. The van der Waals surface area contributed by atoms with Gasteiger partial charge in [-0.1, -0.05) is 50.6 Å². The van der Waals surface area contributed by atoms with Crippen LogP contribution in [-0.4, -0.2) is 23.5 Å². The van der Waals surface area contributed by atoms with Crippen LogP contribution in [0.2, 0.25) is 0 Å². The average Bonchev–Trinajstić information content (AvgIpc) is 2.32. The quantitative estimate of drug-likeness (QED) is 0.868. The fraction of sp³-hybridized carbons (Fsp3) is 0.500. The van der Waals surface area contributed by atoms with Crippen molar-refractivity contribution in [2.45, 2.75) is 34.1 Å². The molecular weight excluding hydrogens is 254 g/mol. The van der Waals surface area contributed by atoms with Crippen molar-refractivity contribution < 1.29 is 14.7 Å². The molecule has 0 fully saturated rings. The minimum atomic E-state index is -0.888. The zero-order chi connectivity index (χ0) is 15.3. The van der Waals surface area contributed by atoms with Crippen LogP contribution in [0.4, 0.5) is 0 Å². The molecule has 20 heavy (non-hydrogen) atoms. The van der Waals surface area contributed by atoms with Gasteiger partial charge in [0.05, 0.1) is 5.92 Å². The zero-order valence-corrected chi connectivity index (χ0v) is 12.6. The number of carbonyl (C=O) groups is 2. The van der Waals surface area contributed by atoms with Crippen molar-refractivity contribution in [1.29, 1.82) is 0 Å². The molecule has 0 aliphatic carbocycles. The lowest BCUT2D eigenvalue weighted by atomic mass is 9.94. The predicted octanol–water partition coefficient (Wildman–Crippen LogP) is 2.40. The van der Waals surface area contributed by atoms with Gasteiger partial charge in [0.1, 0.15) is 0 Å². The summed E-state index contributed by atoms with van der Waals surface area (Å²) in [5.74, 6) is -1.63. The van der Waals surface area contributed by atoms with Crippen LogP contribution in [0.25, 0.3) is 0 Å². The number of hydrogen-bond acceptors (Lipinski definition) is 2. The van der Waals surface area contributed by atoms with Crippen molar-refractivity contribution in [1.82, 2.24) is 5.32 Å². The smallest absolute Gasteiger partial charge is 0.308 e. The summed E-state index contributed by atoms with van der Waals surface area (Å²) in [5, 5.41) is 12.0. The molecule has 0 aromatic heterocycles. The minimum absolute atomic E-state index is 0.131. The third kappa shape index (κ3) is 5.03. The summed E-state index contributed by atoms with van der Waals surface area (Å²) in [7, 11) is 0. The number of nitrogens with one attached hydrogen (secondary N) is 1. The van der Waals surface area contributed by atoms with Crippen LogP contribution in [0, 0.1) is 18.3 Å². The molecule has 0 bridgehead atoms. The van der Waals surface area contributed by atoms with E-state index in [0.717, 1.165) is 11.1 Å². The van der Waals surface area contributed by atoms with Gasteiger partial charge >= 0.3 is 5.97 Å². The summed E-state index contributed by atoms with van der Waals surface area (Å²) in [5.41, 5.74) is 1.57. The second-order valence-corrected chi connectivity index (χ2v) is 6.19. The number of aliphatic carboxylic acids is 1. The number of benzene rings is 1. The van der Waals surface area contributed by atoms with Crippen molar-refractivity contribution in [2.75, 3.05) is 6.54 Å². The maximum atomic E-state index is 11.8. The van der Waals surface area contributed by atoms with Crippen LogP contribution < -0.4 is 5.32 Å². The lowest BCUT2D eigenvalue weighted by molar-refractivity contribution is -0.141. The molecule has 1 aromatic carbocycles. The van der Waals surface area contributed by atoms with E-state index in [1.54, 1.807) is 20.8 Å². The molecule has 0 heterocycles. The van der Waals surface area contributed by atoms with Crippen LogP contribution in [-0.2, 0) is 16.0 Å². The Hall–Kier alpha value is -1.84. The minimum Gasteiger partial charge on any atom is -0.481 e. The Bertz CT molecular complexity index is 489. The van der Waals surface area contributed by atoms with E-state index < -0.39 is 17.3 Å². The molecule has 2 N–H and O–H groups in total. The highest BCUT2D eigenvalue weighted by Gasteiger charge is 2.24. The standard InChI is InChI=1S/C16H23NO3/c1-11-6-5-7-12(8-11)9-13(14(18)19)10-17-15(20)16(2,3)4/h5-8,13H,9-10H2,1-4H3,(H,17,20)(H,18,19). The van der Waals surface area contributed by atoms with Gasteiger partial charge in [0.15, 0.2) is 0 Å². The number of aryl methyl sites for hydroxylation is 1. The van der Waals surface area contributed by atoms with E-state index >= 15 is 0 Å². The molecule has 1 amide bonds. The molecule has 1 rings (SSSR count). The van der Waals surface area contributed by atoms with E-state index in [1.807, 2.05) is 31.2 Å². The molecule has 4 nitrogen and oxygen atoms in total. The Morgan fingerprint density at radius 1 is 1.30 bits per heavy atom. The van der Waals surface area contributed by atoms with Crippen LogP contribution in [0.1, 0.15) is 31.9 Å². The first-order valence-electron chi connectivity index (χ1n) is 6.77. The van der Waals surface area contributed by atoms with Gasteiger partial charge in [-0.2, -0.15) is 0 Å². The van der Waals surface area contributed by atoms with E-state index in [4.69, 9.17) is 0 Å². The Morgan fingerprint density at radius 3 is 2.45 bits per heavy atom. The Labute approximate surface area is 120 Å². The Balaban J connectivity index is 2.67. The largest absolute Gasteiger partial charge is 0.481 e. The van der Waals surface area contributed by atoms with E-state index in [0.29, 0.717) is 6.42 Å².